The van der Waals surface area contributed by atoms with Gasteiger partial charge in [0.2, 0.25) is 10.0 Å². The van der Waals surface area contributed by atoms with Crippen LogP contribution >= 0.6 is 0 Å². The zero-order chi connectivity index (χ0) is 15.3. The minimum Gasteiger partial charge on any atom is -0.380 e. The van der Waals surface area contributed by atoms with E-state index in [0.717, 1.165) is 5.56 Å². The Morgan fingerprint density at radius 3 is 2.62 bits per heavy atom. The Morgan fingerprint density at radius 2 is 2.05 bits per heavy atom. The van der Waals surface area contributed by atoms with E-state index in [2.05, 4.69) is 5.32 Å². The maximum atomic E-state index is 11.9. The molecule has 0 spiro atoms. The van der Waals surface area contributed by atoms with Crippen LogP contribution in [0.25, 0.3) is 0 Å². The molecule has 0 bridgehead atoms. The summed E-state index contributed by atoms with van der Waals surface area (Å²) in [6.07, 6.45) is 0.664. The molecule has 2 rings (SSSR count). The Labute approximate surface area is 125 Å². The van der Waals surface area contributed by atoms with Gasteiger partial charge < -0.3 is 10.1 Å². The molecular formula is C14H20N2O4S. The summed E-state index contributed by atoms with van der Waals surface area (Å²) < 4.78 is 29.6. The molecular weight excluding hydrogens is 292 g/mol. The molecule has 1 amide bonds. The molecule has 7 heteroatoms. The van der Waals surface area contributed by atoms with Gasteiger partial charge in [0.05, 0.1) is 12.4 Å². The maximum Gasteiger partial charge on any atom is 0.251 e. The average molecular weight is 312 g/mol. The van der Waals surface area contributed by atoms with Crippen molar-refractivity contribution in [1.82, 2.24) is 9.62 Å². The number of methoxy groups -OCH3 is 1. The first-order chi connectivity index (χ1) is 10.0. The highest BCUT2D eigenvalue weighted by molar-refractivity contribution is 7.89. The lowest BCUT2D eigenvalue weighted by molar-refractivity contribution is 0.0951. The van der Waals surface area contributed by atoms with E-state index >= 15 is 0 Å². The molecule has 0 radical (unpaired) electrons. The molecule has 1 fully saturated rings. The van der Waals surface area contributed by atoms with Gasteiger partial charge in [-0.2, -0.15) is 0 Å². The van der Waals surface area contributed by atoms with Gasteiger partial charge >= 0.3 is 0 Å². The smallest absolute Gasteiger partial charge is 0.251 e. The van der Waals surface area contributed by atoms with E-state index in [4.69, 9.17) is 4.74 Å². The number of ether oxygens (including phenoxy) is 1. The predicted molar refractivity (Wildman–Crippen MR) is 79.5 cm³/mol. The van der Waals surface area contributed by atoms with Crippen LogP contribution in [0.4, 0.5) is 0 Å². The Morgan fingerprint density at radius 1 is 1.33 bits per heavy atom. The highest BCUT2D eigenvalue weighted by atomic mass is 32.2. The van der Waals surface area contributed by atoms with E-state index in [-0.39, 0.29) is 11.7 Å². The number of sulfonamides is 1. The number of benzene rings is 1. The molecule has 0 saturated carbocycles. The molecule has 0 atom stereocenters. The van der Waals surface area contributed by atoms with Crippen LogP contribution in [0.2, 0.25) is 0 Å². The van der Waals surface area contributed by atoms with Crippen LogP contribution in [0.15, 0.2) is 24.3 Å². The van der Waals surface area contributed by atoms with Gasteiger partial charge in [0.1, 0.15) is 0 Å². The molecule has 116 valence electrons. The first kappa shape index (κ1) is 15.9. The lowest BCUT2D eigenvalue weighted by Crippen LogP contribution is -2.35. The topological polar surface area (TPSA) is 75.7 Å². The highest BCUT2D eigenvalue weighted by Crippen LogP contribution is 2.12. The van der Waals surface area contributed by atoms with Crippen molar-refractivity contribution < 1.29 is 17.9 Å². The summed E-state index contributed by atoms with van der Waals surface area (Å²) in [5, 5.41) is 2.74. The number of amides is 1. The van der Waals surface area contributed by atoms with Crippen LogP contribution in [-0.2, 0) is 21.4 Å². The molecule has 0 aromatic heterocycles. The molecule has 21 heavy (non-hydrogen) atoms. The van der Waals surface area contributed by atoms with E-state index in [1.807, 2.05) is 12.1 Å². The molecule has 1 heterocycles. The number of nitrogens with one attached hydrogen (secondary N) is 1. The fraction of sp³-hybridized carbons (Fsp3) is 0.500. The number of nitrogens with zero attached hydrogens (tertiary/aromatic N) is 1. The molecule has 1 aliphatic heterocycles. The third-order valence-corrected chi connectivity index (χ3v) is 5.33. The van der Waals surface area contributed by atoms with Crippen LogP contribution < -0.4 is 5.32 Å². The van der Waals surface area contributed by atoms with E-state index in [1.54, 1.807) is 19.2 Å². The number of hydrogen-bond donors (Lipinski definition) is 1. The lowest BCUT2D eigenvalue weighted by atomic mass is 10.1. The summed E-state index contributed by atoms with van der Waals surface area (Å²) in [6.45, 7) is 1.70. The quantitative estimate of drug-likeness (QED) is 0.834. The van der Waals surface area contributed by atoms with Gasteiger partial charge in [0, 0.05) is 32.3 Å². The number of carbonyl (C=O) groups is 1. The van der Waals surface area contributed by atoms with Crippen molar-refractivity contribution in [2.75, 3.05) is 32.5 Å². The van der Waals surface area contributed by atoms with Gasteiger partial charge in [-0.15, -0.1) is 0 Å². The number of rotatable bonds is 6. The Balaban J connectivity index is 1.82. The first-order valence-electron chi connectivity index (χ1n) is 6.87. The summed E-state index contributed by atoms with van der Waals surface area (Å²) in [4.78, 5) is 11.9. The lowest BCUT2D eigenvalue weighted by Gasteiger charge is -2.14. The van der Waals surface area contributed by atoms with Gasteiger partial charge in [-0.3, -0.25) is 4.79 Å². The minimum absolute atomic E-state index is 0.199. The normalized spacial score (nSPS) is 17.8. The Kier molecular flexibility index (Phi) is 5.33. The summed E-state index contributed by atoms with van der Waals surface area (Å²) in [5.74, 6) is 0.0117. The van der Waals surface area contributed by atoms with Gasteiger partial charge in [0.25, 0.3) is 5.91 Å². The van der Waals surface area contributed by atoms with Gasteiger partial charge in [0.15, 0.2) is 0 Å². The van der Waals surface area contributed by atoms with Crippen molar-refractivity contribution >= 4 is 15.9 Å². The zero-order valence-corrected chi connectivity index (χ0v) is 12.9. The zero-order valence-electron chi connectivity index (χ0n) is 12.0. The van der Waals surface area contributed by atoms with Crippen molar-refractivity contribution in [2.45, 2.75) is 13.0 Å². The van der Waals surface area contributed by atoms with E-state index in [1.165, 1.54) is 4.31 Å². The molecule has 1 saturated heterocycles. The first-order valence-corrected chi connectivity index (χ1v) is 8.48. The van der Waals surface area contributed by atoms with Crippen molar-refractivity contribution in [3.8, 4) is 0 Å². The molecule has 1 aliphatic rings. The summed E-state index contributed by atoms with van der Waals surface area (Å²) in [6, 6.07) is 7.14. The minimum atomic E-state index is -3.09. The Bertz CT molecular complexity index is 583. The van der Waals surface area contributed by atoms with E-state index in [9.17, 15) is 13.2 Å². The second kappa shape index (κ2) is 7.02. The third-order valence-electron chi connectivity index (χ3n) is 3.38. The van der Waals surface area contributed by atoms with E-state index < -0.39 is 10.0 Å². The molecule has 1 aromatic carbocycles. The molecule has 0 unspecified atom stereocenters. The fourth-order valence-electron chi connectivity index (χ4n) is 2.26. The van der Waals surface area contributed by atoms with Gasteiger partial charge in [-0.05, 0) is 24.1 Å². The van der Waals surface area contributed by atoms with Crippen LogP contribution in [0.5, 0.6) is 0 Å². The Hall–Kier alpha value is -1.44. The van der Waals surface area contributed by atoms with Crippen LogP contribution in [0.3, 0.4) is 0 Å². The van der Waals surface area contributed by atoms with E-state index in [0.29, 0.717) is 38.2 Å². The molecule has 0 aliphatic carbocycles. The second-order valence-electron chi connectivity index (χ2n) is 4.95. The van der Waals surface area contributed by atoms with Crippen molar-refractivity contribution in [2.24, 2.45) is 0 Å². The standard InChI is InChI=1S/C14H20N2O4S/c1-20-11-12-3-5-13(6-4-12)14(17)15-7-9-16-8-2-10-21(16,18)19/h3-6H,2,7-11H2,1H3,(H,15,17). The SMILES string of the molecule is COCc1ccc(C(=O)NCCN2CCCS2(=O)=O)cc1. The number of carbonyl (C=O) groups excluding carboxylic acids is 1. The van der Waals surface area contributed by atoms with Crippen LogP contribution in [-0.4, -0.2) is 51.1 Å². The van der Waals surface area contributed by atoms with Crippen molar-refractivity contribution in [3.63, 3.8) is 0 Å². The highest BCUT2D eigenvalue weighted by Gasteiger charge is 2.27. The molecule has 6 nitrogen and oxygen atoms in total. The van der Waals surface area contributed by atoms with Crippen LogP contribution in [0, 0.1) is 0 Å². The number of hydrogen-bond acceptors (Lipinski definition) is 4. The summed E-state index contributed by atoms with van der Waals surface area (Å²) in [5.41, 5.74) is 1.55. The van der Waals surface area contributed by atoms with Gasteiger partial charge in [-0.1, -0.05) is 12.1 Å². The second-order valence-corrected chi connectivity index (χ2v) is 7.04. The van der Waals surface area contributed by atoms with Crippen LogP contribution in [0.1, 0.15) is 22.3 Å². The molecule has 1 N–H and O–H groups in total. The largest absolute Gasteiger partial charge is 0.380 e. The summed E-state index contributed by atoms with van der Waals surface area (Å²) in [7, 11) is -1.48. The van der Waals surface area contributed by atoms with Gasteiger partial charge in [-0.25, -0.2) is 12.7 Å². The third kappa shape index (κ3) is 4.26. The van der Waals surface area contributed by atoms with Crippen molar-refractivity contribution in [3.05, 3.63) is 35.4 Å². The monoisotopic (exact) mass is 312 g/mol. The predicted octanol–water partition coefficient (Wildman–Crippen LogP) is 0.598. The average Bonchev–Trinajstić information content (AvgIpc) is 2.79. The fourth-order valence-corrected chi connectivity index (χ4v) is 3.79. The molecule has 1 aromatic rings. The van der Waals surface area contributed by atoms with Crippen molar-refractivity contribution in [1.29, 1.82) is 0 Å². The maximum absolute atomic E-state index is 11.9. The summed E-state index contributed by atoms with van der Waals surface area (Å²) >= 11 is 0.